The number of aryl methyl sites for hydroxylation is 1. The fourth-order valence-electron chi connectivity index (χ4n) is 2.95. The summed E-state index contributed by atoms with van der Waals surface area (Å²) >= 11 is 0. The number of carboxylic acids is 1. The molecule has 18 heavy (non-hydrogen) atoms. The van der Waals surface area contributed by atoms with Crippen molar-refractivity contribution in [1.29, 1.82) is 0 Å². The lowest BCUT2D eigenvalue weighted by Crippen LogP contribution is -2.35. The van der Waals surface area contributed by atoms with E-state index in [1.165, 1.54) is 0 Å². The Morgan fingerprint density at radius 2 is 2.17 bits per heavy atom. The summed E-state index contributed by atoms with van der Waals surface area (Å²) in [5.74, 6) is -0.831. The van der Waals surface area contributed by atoms with Crippen molar-refractivity contribution in [3.63, 3.8) is 0 Å². The maximum Gasteiger partial charge on any atom is 0.337 e. The molecule has 3 nitrogen and oxygen atoms in total. The van der Waals surface area contributed by atoms with Gasteiger partial charge in [-0.15, -0.1) is 0 Å². The quantitative estimate of drug-likeness (QED) is 0.889. The Morgan fingerprint density at radius 1 is 1.44 bits per heavy atom. The van der Waals surface area contributed by atoms with E-state index in [0.717, 1.165) is 30.5 Å². The van der Waals surface area contributed by atoms with E-state index in [1.807, 2.05) is 19.1 Å². The molecule has 0 spiro atoms. The van der Waals surface area contributed by atoms with E-state index in [4.69, 9.17) is 0 Å². The minimum absolute atomic E-state index is 0.427. The van der Waals surface area contributed by atoms with Gasteiger partial charge in [-0.1, -0.05) is 18.6 Å². The van der Waals surface area contributed by atoms with Crippen LogP contribution in [-0.4, -0.2) is 23.2 Å². The molecule has 1 aromatic rings. The normalized spacial score (nSPS) is 23.4. The molecule has 1 heterocycles. The third kappa shape index (κ3) is 2.22. The van der Waals surface area contributed by atoms with Crippen molar-refractivity contribution in [3.05, 3.63) is 29.3 Å². The van der Waals surface area contributed by atoms with Gasteiger partial charge in [0.1, 0.15) is 0 Å². The Labute approximate surface area is 108 Å². The standard InChI is InChI=1S/C15H21NO2/c1-4-12-7-6-11(3)16(12)14-8-5-10(2)9-13(14)15(17)18/h5,8-9,11-12H,4,6-7H2,1-3H3,(H,17,18). The Morgan fingerprint density at radius 3 is 2.78 bits per heavy atom. The summed E-state index contributed by atoms with van der Waals surface area (Å²) in [6.45, 7) is 6.28. The lowest BCUT2D eigenvalue weighted by Gasteiger charge is -2.31. The Balaban J connectivity index is 2.46. The first-order valence-corrected chi connectivity index (χ1v) is 6.66. The van der Waals surface area contributed by atoms with Gasteiger partial charge < -0.3 is 10.0 Å². The zero-order valence-corrected chi connectivity index (χ0v) is 11.3. The van der Waals surface area contributed by atoms with Gasteiger partial charge in [0, 0.05) is 12.1 Å². The van der Waals surface area contributed by atoms with Crippen LogP contribution in [0.4, 0.5) is 5.69 Å². The minimum Gasteiger partial charge on any atom is -0.478 e. The molecule has 1 aliphatic rings. The van der Waals surface area contributed by atoms with Crippen LogP contribution in [0, 0.1) is 6.92 Å². The number of carbonyl (C=O) groups is 1. The highest BCUT2D eigenvalue weighted by molar-refractivity contribution is 5.95. The molecule has 0 saturated carbocycles. The molecule has 2 rings (SSSR count). The number of anilines is 1. The summed E-state index contributed by atoms with van der Waals surface area (Å²) in [7, 11) is 0. The molecule has 2 atom stereocenters. The van der Waals surface area contributed by atoms with Crippen molar-refractivity contribution in [2.75, 3.05) is 4.90 Å². The largest absolute Gasteiger partial charge is 0.478 e. The van der Waals surface area contributed by atoms with Crippen molar-refractivity contribution >= 4 is 11.7 Å². The molecule has 3 heteroatoms. The predicted octanol–water partition coefficient (Wildman–Crippen LogP) is 3.46. The summed E-state index contributed by atoms with van der Waals surface area (Å²) < 4.78 is 0. The number of nitrogens with zero attached hydrogens (tertiary/aromatic N) is 1. The van der Waals surface area contributed by atoms with Gasteiger partial charge in [0.05, 0.1) is 11.3 Å². The van der Waals surface area contributed by atoms with Crippen LogP contribution in [0.25, 0.3) is 0 Å². The van der Waals surface area contributed by atoms with Gasteiger partial charge in [-0.3, -0.25) is 0 Å². The van der Waals surface area contributed by atoms with E-state index in [9.17, 15) is 9.90 Å². The van der Waals surface area contributed by atoms with Crippen LogP contribution in [0.5, 0.6) is 0 Å². The molecular formula is C15H21NO2. The second-order valence-corrected chi connectivity index (χ2v) is 5.22. The number of carboxylic acid groups (broad SMARTS) is 1. The van der Waals surface area contributed by atoms with Crippen LogP contribution < -0.4 is 4.90 Å². The molecule has 0 radical (unpaired) electrons. The zero-order chi connectivity index (χ0) is 13.3. The number of aromatic carboxylic acids is 1. The van der Waals surface area contributed by atoms with E-state index in [2.05, 4.69) is 18.7 Å². The van der Waals surface area contributed by atoms with Crippen LogP contribution >= 0.6 is 0 Å². The van der Waals surface area contributed by atoms with Crippen molar-refractivity contribution in [3.8, 4) is 0 Å². The predicted molar refractivity (Wildman–Crippen MR) is 73.4 cm³/mol. The highest BCUT2D eigenvalue weighted by Crippen LogP contribution is 2.34. The van der Waals surface area contributed by atoms with Gasteiger partial charge in [-0.05, 0) is 45.2 Å². The lowest BCUT2D eigenvalue weighted by molar-refractivity contribution is 0.0697. The summed E-state index contributed by atoms with van der Waals surface area (Å²) in [6.07, 6.45) is 3.37. The highest BCUT2D eigenvalue weighted by Gasteiger charge is 2.31. The van der Waals surface area contributed by atoms with Crippen LogP contribution in [0.1, 0.15) is 49.0 Å². The lowest BCUT2D eigenvalue weighted by atomic mass is 10.1. The number of hydrogen-bond acceptors (Lipinski definition) is 2. The second-order valence-electron chi connectivity index (χ2n) is 5.22. The van der Waals surface area contributed by atoms with E-state index >= 15 is 0 Å². The molecule has 98 valence electrons. The molecule has 1 fully saturated rings. The summed E-state index contributed by atoms with van der Waals surface area (Å²) in [6, 6.07) is 6.63. The summed E-state index contributed by atoms with van der Waals surface area (Å²) in [5.41, 5.74) is 2.31. The Kier molecular flexibility index (Phi) is 3.60. The van der Waals surface area contributed by atoms with Crippen molar-refractivity contribution in [2.24, 2.45) is 0 Å². The maximum atomic E-state index is 11.4. The Bertz CT molecular complexity index is 456. The topological polar surface area (TPSA) is 40.5 Å². The molecule has 0 bridgehead atoms. The summed E-state index contributed by atoms with van der Waals surface area (Å²) in [4.78, 5) is 13.7. The van der Waals surface area contributed by atoms with Crippen LogP contribution in [-0.2, 0) is 0 Å². The molecular weight excluding hydrogens is 226 g/mol. The first-order valence-electron chi connectivity index (χ1n) is 6.66. The van der Waals surface area contributed by atoms with Gasteiger partial charge in [0.15, 0.2) is 0 Å². The minimum atomic E-state index is -0.831. The number of benzene rings is 1. The van der Waals surface area contributed by atoms with Gasteiger partial charge in [0.2, 0.25) is 0 Å². The molecule has 1 saturated heterocycles. The van der Waals surface area contributed by atoms with E-state index < -0.39 is 5.97 Å². The number of hydrogen-bond donors (Lipinski definition) is 1. The molecule has 0 aliphatic carbocycles. The van der Waals surface area contributed by atoms with Crippen molar-refractivity contribution in [2.45, 2.75) is 52.1 Å². The van der Waals surface area contributed by atoms with Crippen molar-refractivity contribution in [1.82, 2.24) is 0 Å². The van der Waals surface area contributed by atoms with Gasteiger partial charge >= 0.3 is 5.97 Å². The highest BCUT2D eigenvalue weighted by atomic mass is 16.4. The van der Waals surface area contributed by atoms with E-state index in [1.54, 1.807) is 6.07 Å². The maximum absolute atomic E-state index is 11.4. The molecule has 2 unspecified atom stereocenters. The smallest absolute Gasteiger partial charge is 0.337 e. The van der Waals surface area contributed by atoms with E-state index in [-0.39, 0.29) is 0 Å². The van der Waals surface area contributed by atoms with Crippen LogP contribution in [0.2, 0.25) is 0 Å². The van der Waals surface area contributed by atoms with Crippen molar-refractivity contribution < 1.29 is 9.90 Å². The fourth-order valence-corrected chi connectivity index (χ4v) is 2.95. The third-order valence-electron chi connectivity index (χ3n) is 3.92. The molecule has 0 amide bonds. The van der Waals surface area contributed by atoms with Crippen LogP contribution in [0.3, 0.4) is 0 Å². The SMILES string of the molecule is CCC1CCC(C)N1c1ccc(C)cc1C(=O)O. The third-order valence-corrected chi connectivity index (χ3v) is 3.92. The first kappa shape index (κ1) is 12.9. The number of rotatable bonds is 3. The summed E-state index contributed by atoms with van der Waals surface area (Å²) in [5, 5.41) is 9.37. The monoisotopic (exact) mass is 247 g/mol. The average molecular weight is 247 g/mol. The van der Waals surface area contributed by atoms with Gasteiger partial charge in [-0.2, -0.15) is 0 Å². The zero-order valence-electron chi connectivity index (χ0n) is 11.3. The molecule has 1 aromatic carbocycles. The van der Waals surface area contributed by atoms with Gasteiger partial charge in [0.25, 0.3) is 0 Å². The average Bonchev–Trinajstić information content (AvgIpc) is 2.70. The Hall–Kier alpha value is -1.51. The second kappa shape index (κ2) is 5.01. The van der Waals surface area contributed by atoms with Gasteiger partial charge in [-0.25, -0.2) is 4.79 Å². The van der Waals surface area contributed by atoms with E-state index in [0.29, 0.717) is 17.6 Å². The fraction of sp³-hybridized carbons (Fsp3) is 0.533. The molecule has 1 aliphatic heterocycles. The first-order chi connectivity index (χ1) is 8.54. The van der Waals surface area contributed by atoms with Crippen LogP contribution in [0.15, 0.2) is 18.2 Å². The molecule has 0 aromatic heterocycles. The molecule has 1 N–H and O–H groups in total.